The van der Waals surface area contributed by atoms with Gasteiger partial charge in [0.05, 0.1) is 5.03 Å². The fourth-order valence-corrected chi connectivity index (χ4v) is 4.14. The second-order valence-corrected chi connectivity index (χ2v) is 7.62. The van der Waals surface area contributed by atoms with Crippen molar-refractivity contribution in [2.45, 2.75) is 12.8 Å². The molecule has 4 rings (SSSR count). The standard InChI is InChI=1S/C20H13ClF2N2OS/c21-18-15-4-2-1-3-11(15)8-16(18)19(26)25-20-24-10-14(27-20)7-12-5-6-13(22)9-17(12)23/h1-6,9-10H,7-8H2,(H,24,25,26). The third kappa shape index (κ3) is 3.63. The lowest BCUT2D eigenvalue weighted by atomic mass is 10.1. The molecule has 0 radical (unpaired) electrons. The van der Waals surface area contributed by atoms with Gasteiger partial charge in [-0.25, -0.2) is 13.8 Å². The van der Waals surface area contributed by atoms with Crippen molar-refractivity contribution in [1.82, 2.24) is 4.98 Å². The Labute approximate surface area is 163 Å². The number of carbonyl (C=O) groups is 1. The zero-order valence-corrected chi connectivity index (χ0v) is 15.5. The van der Waals surface area contributed by atoms with Crippen molar-refractivity contribution >= 4 is 39.0 Å². The Morgan fingerprint density at radius 1 is 1.22 bits per heavy atom. The van der Waals surface area contributed by atoms with Gasteiger partial charge in [-0.1, -0.05) is 41.9 Å². The summed E-state index contributed by atoms with van der Waals surface area (Å²) >= 11 is 7.59. The highest BCUT2D eigenvalue weighted by Crippen LogP contribution is 2.36. The minimum Gasteiger partial charge on any atom is -0.298 e. The van der Waals surface area contributed by atoms with E-state index in [1.807, 2.05) is 24.3 Å². The van der Waals surface area contributed by atoms with E-state index in [4.69, 9.17) is 11.6 Å². The first kappa shape index (κ1) is 17.8. The highest BCUT2D eigenvalue weighted by atomic mass is 35.5. The summed E-state index contributed by atoms with van der Waals surface area (Å²) < 4.78 is 26.8. The van der Waals surface area contributed by atoms with Crippen molar-refractivity contribution in [3.05, 3.63) is 87.4 Å². The summed E-state index contributed by atoms with van der Waals surface area (Å²) in [6.45, 7) is 0. The number of thiazole rings is 1. The van der Waals surface area contributed by atoms with Crippen molar-refractivity contribution in [2.24, 2.45) is 0 Å². The molecule has 1 aliphatic rings. The van der Waals surface area contributed by atoms with Crippen molar-refractivity contribution < 1.29 is 13.6 Å². The maximum Gasteiger partial charge on any atom is 0.255 e. The number of hydrogen-bond acceptors (Lipinski definition) is 3. The van der Waals surface area contributed by atoms with Crippen LogP contribution in [0.3, 0.4) is 0 Å². The van der Waals surface area contributed by atoms with E-state index in [2.05, 4.69) is 10.3 Å². The number of aromatic nitrogens is 1. The summed E-state index contributed by atoms with van der Waals surface area (Å²) in [5, 5.41) is 3.61. The van der Waals surface area contributed by atoms with Crippen LogP contribution in [0.15, 0.2) is 54.2 Å². The Morgan fingerprint density at radius 3 is 2.81 bits per heavy atom. The molecule has 0 fully saturated rings. The number of halogens is 3. The molecular weight excluding hydrogens is 390 g/mol. The second kappa shape index (κ2) is 7.21. The molecule has 136 valence electrons. The second-order valence-electron chi connectivity index (χ2n) is 6.12. The lowest BCUT2D eigenvalue weighted by Gasteiger charge is -2.03. The Kier molecular flexibility index (Phi) is 4.76. The SMILES string of the molecule is O=C(Nc1ncc(Cc2ccc(F)cc2F)s1)C1=C(Cl)c2ccccc2C1. The average Bonchev–Trinajstić information content (AvgIpc) is 3.22. The molecule has 0 spiro atoms. The molecule has 0 saturated carbocycles. The summed E-state index contributed by atoms with van der Waals surface area (Å²) in [5.41, 5.74) is 2.75. The van der Waals surface area contributed by atoms with Crippen LogP contribution in [-0.4, -0.2) is 10.9 Å². The minimum absolute atomic E-state index is 0.272. The van der Waals surface area contributed by atoms with E-state index < -0.39 is 11.6 Å². The largest absolute Gasteiger partial charge is 0.298 e. The van der Waals surface area contributed by atoms with Gasteiger partial charge in [-0.2, -0.15) is 0 Å². The first-order valence-corrected chi connectivity index (χ1v) is 9.37. The number of rotatable bonds is 4. The van der Waals surface area contributed by atoms with Gasteiger partial charge in [-0.3, -0.25) is 10.1 Å². The molecule has 2 aromatic carbocycles. The van der Waals surface area contributed by atoms with Crippen LogP contribution >= 0.6 is 22.9 Å². The number of carbonyl (C=O) groups excluding carboxylic acids is 1. The molecule has 0 bridgehead atoms. The van der Waals surface area contributed by atoms with Gasteiger partial charge in [-0.15, -0.1) is 11.3 Å². The predicted molar refractivity (Wildman–Crippen MR) is 103 cm³/mol. The Morgan fingerprint density at radius 2 is 2.04 bits per heavy atom. The molecular formula is C20H13ClF2N2OS. The van der Waals surface area contributed by atoms with E-state index in [0.717, 1.165) is 22.1 Å². The molecule has 1 N–H and O–H groups in total. The molecule has 1 heterocycles. The monoisotopic (exact) mass is 402 g/mol. The van der Waals surface area contributed by atoms with E-state index in [0.29, 0.717) is 27.7 Å². The number of nitrogens with zero attached hydrogens (tertiary/aromatic N) is 1. The number of benzene rings is 2. The zero-order chi connectivity index (χ0) is 19.0. The van der Waals surface area contributed by atoms with Crippen LogP contribution < -0.4 is 5.32 Å². The normalized spacial score (nSPS) is 13.0. The Hall–Kier alpha value is -2.57. The van der Waals surface area contributed by atoms with Crippen LogP contribution in [0.4, 0.5) is 13.9 Å². The fourth-order valence-electron chi connectivity index (χ4n) is 2.97. The van der Waals surface area contributed by atoms with E-state index in [-0.39, 0.29) is 12.3 Å². The predicted octanol–water partition coefficient (Wildman–Crippen LogP) is 5.16. The van der Waals surface area contributed by atoms with Gasteiger partial charge in [0.1, 0.15) is 11.6 Å². The van der Waals surface area contributed by atoms with Gasteiger partial charge in [0, 0.05) is 35.6 Å². The smallest absolute Gasteiger partial charge is 0.255 e. The van der Waals surface area contributed by atoms with Crippen molar-refractivity contribution in [3.8, 4) is 0 Å². The highest BCUT2D eigenvalue weighted by molar-refractivity contribution is 7.15. The lowest BCUT2D eigenvalue weighted by molar-refractivity contribution is -0.112. The van der Waals surface area contributed by atoms with E-state index in [9.17, 15) is 13.6 Å². The van der Waals surface area contributed by atoms with Crippen LogP contribution in [0.5, 0.6) is 0 Å². The molecule has 0 unspecified atom stereocenters. The molecule has 1 amide bonds. The number of anilines is 1. The molecule has 3 nitrogen and oxygen atoms in total. The van der Waals surface area contributed by atoms with Gasteiger partial charge in [0.25, 0.3) is 5.91 Å². The van der Waals surface area contributed by atoms with Crippen molar-refractivity contribution in [3.63, 3.8) is 0 Å². The van der Waals surface area contributed by atoms with Crippen molar-refractivity contribution in [1.29, 1.82) is 0 Å². The molecule has 7 heteroatoms. The topological polar surface area (TPSA) is 42.0 Å². The van der Waals surface area contributed by atoms with Gasteiger partial charge in [-0.05, 0) is 22.8 Å². The van der Waals surface area contributed by atoms with Gasteiger partial charge in [0.15, 0.2) is 5.13 Å². The molecule has 0 saturated heterocycles. The number of fused-ring (bicyclic) bond motifs is 1. The molecule has 3 aromatic rings. The highest BCUT2D eigenvalue weighted by Gasteiger charge is 2.25. The summed E-state index contributed by atoms with van der Waals surface area (Å²) in [4.78, 5) is 17.5. The summed E-state index contributed by atoms with van der Waals surface area (Å²) in [6, 6.07) is 11.1. The third-order valence-corrected chi connectivity index (χ3v) is 5.66. The van der Waals surface area contributed by atoms with E-state index >= 15 is 0 Å². The van der Waals surface area contributed by atoms with E-state index in [1.54, 1.807) is 6.20 Å². The van der Waals surface area contributed by atoms with Crippen LogP contribution in [0.25, 0.3) is 5.03 Å². The number of hydrogen-bond donors (Lipinski definition) is 1. The van der Waals surface area contributed by atoms with Crippen molar-refractivity contribution in [2.75, 3.05) is 5.32 Å². The first-order chi connectivity index (χ1) is 13.0. The Bertz CT molecular complexity index is 1080. The van der Waals surface area contributed by atoms with Gasteiger partial charge >= 0.3 is 0 Å². The summed E-state index contributed by atoms with van der Waals surface area (Å²) in [7, 11) is 0. The first-order valence-electron chi connectivity index (χ1n) is 8.18. The van der Waals surface area contributed by atoms with Gasteiger partial charge < -0.3 is 0 Å². The molecule has 0 aliphatic heterocycles. The molecule has 0 atom stereocenters. The average molecular weight is 403 g/mol. The summed E-state index contributed by atoms with van der Waals surface area (Å²) in [6.07, 6.45) is 2.32. The van der Waals surface area contributed by atoms with Crippen LogP contribution in [0, 0.1) is 11.6 Å². The zero-order valence-electron chi connectivity index (χ0n) is 13.9. The maximum atomic E-state index is 13.8. The molecule has 1 aromatic heterocycles. The molecule has 1 aliphatic carbocycles. The lowest BCUT2D eigenvalue weighted by Crippen LogP contribution is -2.14. The van der Waals surface area contributed by atoms with Crippen LogP contribution in [-0.2, 0) is 17.6 Å². The van der Waals surface area contributed by atoms with Gasteiger partial charge in [0.2, 0.25) is 0 Å². The molecule has 27 heavy (non-hydrogen) atoms. The third-order valence-electron chi connectivity index (χ3n) is 4.31. The maximum absolute atomic E-state index is 13.8. The quantitative estimate of drug-likeness (QED) is 0.655. The minimum atomic E-state index is -0.615. The fraction of sp³-hybridized carbons (Fsp3) is 0.100. The number of nitrogens with one attached hydrogen (secondary N) is 1. The number of amides is 1. The summed E-state index contributed by atoms with van der Waals surface area (Å²) in [5.74, 6) is -1.52. The van der Waals surface area contributed by atoms with Crippen LogP contribution in [0.2, 0.25) is 0 Å². The van der Waals surface area contributed by atoms with E-state index in [1.165, 1.54) is 23.5 Å². The Balaban J connectivity index is 1.47. The van der Waals surface area contributed by atoms with Crippen LogP contribution in [0.1, 0.15) is 21.6 Å².